The van der Waals surface area contributed by atoms with E-state index in [-0.39, 0.29) is 47.3 Å². The molecular formula is C21H26N2O6S2. The molecular weight excluding hydrogens is 440 g/mol. The molecule has 0 saturated carbocycles. The van der Waals surface area contributed by atoms with Crippen LogP contribution in [0.5, 0.6) is 0 Å². The molecule has 0 unspecified atom stereocenters. The van der Waals surface area contributed by atoms with E-state index in [0.29, 0.717) is 5.69 Å². The maximum absolute atomic E-state index is 12.9. The Morgan fingerprint density at radius 3 is 2.10 bits per heavy atom. The molecule has 3 rings (SSSR count). The number of anilines is 1. The third-order valence-corrected chi connectivity index (χ3v) is 8.44. The average molecular weight is 467 g/mol. The van der Waals surface area contributed by atoms with Gasteiger partial charge in [0.1, 0.15) is 0 Å². The molecule has 0 aliphatic carbocycles. The minimum atomic E-state index is -3.67. The molecule has 1 aliphatic heterocycles. The second-order valence-electron chi connectivity index (χ2n) is 7.53. The molecule has 1 amide bonds. The van der Waals surface area contributed by atoms with Crippen molar-refractivity contribution < 1.29 is 26.4 Å². The van der Waals surface area contributed by atoms with E-state index in [2.05, 4.69) is 5.32 Å². The van der Waals surface area contributed by atoms with Gasteiger partial charge in [0, 0.05) is 25.2 Å². The number of carbonyl (C=O) groups is 1. The normalized spacial score (nSPS) is 20.3. The first-order valence-corrected chi connectivity index (χ1v) is 13.0. The van der Waals surface area contributed by atoms with Gasteiger partial charge in [-0.25, -0.2) is 16.8 Å². The summed E-state index contributed by atoms with van der Waals surface area (Å²) >= 11 is 0. The highest BCUT2D eigenvalue weighted by molar-refractivity contribution is 7.91. The first-order valence-electron chi connectivity index (χ1n) is 9.91. The van der Waals surface area contributed by atoms with Crippen LogP contribution in [0.15, 0.2) is 64.4 Å². The van der Waals surface area contributed by atoms with Gasteiger partial charge in [0.05, 0.1) is 27.8 Å². The molecule has 0 aromatic heterocycles. The standard InChI is InChI=1S/C21H26N2O6S2/c1-16-14-23(15-17(2)29-16)31(27,28)20-10-8-18(9-11-20)22-21(24)12-13-30(25,26)19-6-4-3-5-7-19/h3-11,16-17H,12-15H2,1-2H3,(H,22,24)/t16-,17-/m0/s1. The summed E-state index contributed by atoms with van der Waals surface area (Å²) < 4.78 is 57.3. The van der Waals surface area contributed by atoms with Crippen LogP contribution in [0.4, 0.5) is 5.69 Å². The fourth-order valence-electron chi connectivity index (χ4n) is 3.38. The molecule has 168 valence electrons. The monoisotopic (exact) mass is 466 g/mol. The number of sulfone groups is 1. The number of amides is 1. The van der Waals surface area contributed by atoms with Crippen LogP contribution in [0, 0.1) is 0 Å². The fraction of sp³-hybridized carbons (Fsp3) is 0.381. The van der Waals surface area contributed by atoms with Crippen LogP contribution in [-0.4, -0.2) is 58.1 Å². The van der Waals surface area contributed by atoms with Gasteiger partial charge in [-0.15, -0.1) is 0 Å². The number of ether oxygens (including phenoxy) is 1. The first-order chi connectivity index (χ1) is 14.6. The van der Waals surface area contributed by atoms with E-state index in [9.17, 15) is 21.6 Å². The van der Waals surface area contributed by atoms with Crippen LogP contribution in [0.2, 0.25) is 0 Å². The summed E-state index contributed by atoms with van der Waals surface area (Å²) in [4.78, 5) is 12.5. The lowest BCUT2D eigenvalue weighted by molar-refractivity contribution is -0.115. The Morgan fingerprint density at radius 1 is 0.935 bits per heavy atom. The maximum Gasteiger partial charge on any atom is 0.243 e. The smallest absolute Gasteiger partial charge is 0.243 e. The minimum Gasteiger partial charge on any atom is -0.373 e. The van der Waals surface area contributed by atoms with Crippen molar-refractivity contribution in [2.24, 2.45) is 0 Å². The predicted molar refractivity (Wildman–Crippen MR) is 117 cm³/mol. The summed E-state index contributed by atoms with van der Waals surface area (Å²) in [6.07, 6.45) is -0.589. The second-order valence-corrected chi connectivity index (χ2v) is 11.6. The zero-order valence-corrected chi connectivity index (χ0v) is 19.0. The minimum absolute atomic E-state index is 0.124. The van der Waals surface area contributed by atoms with Crippen molar-refractivity contribution in [3.8, 4) is 0 Å². The number of carbonyl (C=O) groups excluding carboxylic acids is 1. The van der Waals surface area contributed by atoms with Crippen molar-refractivity contribution in [1.82, 2.24) is 4.31 Å². The number of benzene rings is 2. The molecule has 0 radical (unpaired) electrons. The highest BCUT2D eigenvalue weighted by Gasteiger charge is 2.32. The molecule has 2 aromatic carbocycles. The Balaban J connectivity index is 1.61. The molecule has 31 heavy (non-hydrogen) atoms. The zero-order valence-electron chi connectivity index (χ0n) is 17.4. The van der Waals surface area contributed by atoms with Gasteiger partial charge in [-0.1, -0.05) is 18.2 Å². The number of hydrogen-bond acceptors (Lipinski definition) is 6. The van der Waals surface area contributed by atoms with Crippen LogP contribution >= 0.6 is 0 Å². The van der Waals surface area contributed by atoms with Crippen LogP contribution in [-0.2, 0) is 29.4 Å². The maximum atomic E-state index is 12.9. The molecule has 8 nitrogen and oxygen atoms in total. The Kier molecular flexibility index (Phi) is 7.15. The van der Waals surface area contributed by atoms with Gasteiger partial charge in [-0.2, -0.15) is 4.31 Å². The molecule has 1 aliphatic rings. The number of nitrogens with one attached hydrogen (secondary N) is 1. The Hall–Kier alpha value is -2.27. The van der Waals surface area contributed by atoms with Crippen molar-refractivity contribution >= 4 is 31.5 Å². The van der Waals surface area contributed by atoms with E-state index in [1.165, 1.54) is 40.7 Å². The van der Waals surface area contributed by atoms with Crippen LogP contribution in [0.3, 0.4) is 0 Å². The first kappa shape index (κ1) is 23.4. The molecule has 0 bridgehead atoms. The lowest BCUT2D eigenvalue weighted by Gasteiger charge is -2.34. The third kappa shape index (κ3) is 5.91. The Bertz CT molecular complexity index is 1110. The molecule has 2 aromatic rings. The van der Waals surface area contributed by atoms with Gasteiger partial charge < -0.3 is 10.1 Å². The summed E-state index contributed by atoms with van der Waals surface area (Å²) in [5.74, 6) is -0.783. The Labute approximate surface area is 183 Å². The summed E-state index contributed by atoms with van der Waals surface area (Å²) in [6.45, 7) is 4.21. The van der Waals surface area contributed by atoms with Gasteiger partial charge in [0.2, 0.25) is 15.9 Å². The lowest BCUT2D eigenvalue weighted by Crippen LogP contribution is -2.48. The molecule has 1 fully saturated rings. The van der Waals surface area contributed by atoms with E-state index in [1.807, 2.05) is 13.8 Å². The van der Waals surface area contributed by atoms with E-state index in [4.69, 9.17) is 4.74 Å². The van der Waals surface area contributed by atoms with Crippen LogP contribution in [0.1, 0.15) is 20.3 Å². The number of nitrogens with zero attached hydrogens (tertiary/aromatic N) is 1. The topological polar surface area (TPSA) is 110 Å². The van der Waals surface area contributed by atoms with E-state index in [1.54, 1.807) is 18.2 Å². The summed E-state index contributed by atoms with van der Waals surface area (Å²) in [5.41, 5.74) is 0.393. The zero-order chi connectivity index (χ0) is 22.6. The largest absolute Gasteiger partial charge is 0.373 e. The molecule has 1 heterocycles. The van der Waals surface area contributed by atoms with Gasteiger partial charge in [-0.3, -0.25) is 4.79 Å². The molecule has 10 heteroatoms. The fourth-order valence-corrected chi connectivity index (χ4v) is 6.23. The molecule has 1 N–H and O–H groups in total. The summed E-state index contributed by atoms with van der Waals surface area (Å²) in [7, 11) is -7.22. The Morgan fingerprint density at radius 2 is 1.52 bits per heavy atom. The molecule has 1 saturated heterocycles. The van der Waals surface area contributed by atoms with Gasteiger partial charge in [-0.05, 0) is 50.2 Å². The summed E-state index contributed by atoms with van der Waals surface area (Å²) in [6, 6.07) is 13.8. The average Bonchev–Trinajstić information content (AvgIpc) is 2.73. The highest BCUT2D eigenvalue weighted by atomic mass is 32.2. The molecule has 0 spiro atoms. The van der Waals surface area contributed by atoms with E-state index < -0.39 is 25.8 Å². The van der Waals surface area contributed by atoms with E-state index >= 15 is 0 Å². The second kappa shape index (κ2) is 9.47. The van der Waals surface area contributed by atoms with Gasteiger partial charge >= 0.3 is 0 Å². The predicted octanol–water partition coefficient (Wildman–Crippen LogP) is 2.29. The lowest BCUT2D eigenvalue weighted by atomic mass is 10.3. The summed E-state index contributed by atoms with van der Waals surface area (Å²) in [5, 5.41) is 2.61. The number of sulfonamides is 1. The van der Waals surface area contributed by atoms with Crippen molar-refractivity contribution in [2.45, 2.75) is 42.3 Å². The van der Waals surface area contributed by atoms with Crippen molar-refractivity contribution in [3.63, 3.8) is 0 Å². The van der Waals surface area contributed by atoms with Crippen molar-refractivity contribution in [1.29, 1.82) is 0 Å². The van der Waals surface area contributed by atoms with Gasteiger partial charge in [0.15, 0.2) is 9.84 Å². The molecule has 2 atom stereocenters. The van der Waals surface area contributed by atoms with Crippen LogP contribution < -0.4 is 5.32 Å². The number of hydrogen-bond donors (Lipinski definition) is 1. The van der Waals surface area contributed by atoms with Crippen molar-refractivity contribution in [3.05, 3.63) is 54.6 Å². The van der Waals surface area contributed by atoms with Crippen LogP contribution in [0.25, 0.3) is 0 Å². The number of morpholine rings is 1. The SMILES string of the molecule is C[C@H]1CN(S(=O)(=O)c2ccc(NC(=O)CCS(=O)(=O)c3ccccc3)cc2)C[C@H](C)O1. The van der Waals surface area contributed by atoms with Crippen molar-refractivity contribution in [2.75, 3.05) is 24.2 Å². The van der Waals surface area contributed by atoms with E-state index in [0.717, 1.165) is 0 Å². The third-order valence-electron chi connectivity index (χ3n) is 4.86. The van der Waals surface area contributed by atoms with Gasteiger partial charge in [0.25, 0.3) is 0 Å². The quantitative estimate of drug-likeness (QED) is 0.670. The number of rotatable bonds is 7. The highest BCUT2D eigenvalue weighted by Crippen LogP contribution is 2.22.